The number of hydrogen-bond donors (Lipinski definition) is 2. The van der Waals surface area contributed by atoms with Crippen molar-refractivity contribution >= 4 is 11.7 Å². The molecule has 0 bridgehead atoms. The lowest BCUT2D eigenvalue weighted by Crippen LogP contribution is -2.46. The lowest BCUT2D eigenvalue weighted by Gasteiger charge is -2.27. The standard InChI is InChI=1S/C16H24N4O2/c21-16(14-3-1-2-6-17-14)19-12-13-4-5-15(18-11-13)20-7-9-22-10-8-20/h4-5,11,14,17H,1-3,6-10,12H2,(H,19,21). The van der Waals surface area contributed by atoms with Gasteiger partial charge in [0, 0.05) is 25.8 Å². The predicted octanol–water partition coefficient (Wildman–Crippen LogP) is 0.676. The number of morpholine rings is 1. The Labute approximate surface area is 131 Å². The number of ether oxygens (including phenoxy) is 1. The molecule has 3 rings (SSSR count). The Morgan fingerprint density at radius 2 is 2.23 bits per heavy atom. The van der Waals surface area contributed by atoms with Gasteiger partial charge in [0.25, 0.3) is 0 Å². The predicted molar refractivity (Wildman–Crippen MR) is 84.8 cm³/mol. The second-order valence-corrected chi connectivity index (χ2v) is 5.84. The molecular weight excluding hydrogens is 280 g/mol. The van der Waals surface area contributed by atoms with Gasteiger partial charge in [-0.25, -0.2) is 4.98 Å². The number of aromatic nitrogens is 1. The largest absolute Gasteiger partial charge is 0.378 e. The van der Waals surface area contributed by atoms with Gasteiger partial charge in [-0.15, -0.1) is 0 Å². The first-order valence-electron chi connectivity index (χ1n) is 8.11. The first kappa shape index (κ1) is 15.2. The van der Waals surface area contributed by atoms with Crippen LogP contribution in [-0.2, 0) is 16.1 Å². The second kappa shape index (κ2) is 7.56. The molecule has 0 aromatic carbocycles. The van der Waals surface area contributed by atoms with Gasteiger partial charge in [-0.05, 0) is 31.0 Å². The number of pyridine rings is 1. The Hall–Kier alpha value is -1.66. The van der Waals surface area contributed by atoms with Crippen LogP contribution in [0, 0.1) is 0 Å². The molecule has 0 saturated carbocycles. The molecule has 1 atom stereocenters. The van der Waals surface area contributed by atoms with Crippen LogP contribution in [0.3, 0.4) is 0 Å². The summed E-state index contributed by atoms with van der Waals surface area (Å²) in [6, 6.07) is 4.02. The van der Waals surface area contributed by atoms with Crippen molar-refractivity contribution in [3.63, 3.8) is 0 Å². The lowest BCUT2D eigenvalue weighted by molar-refractivity contribution is -0.123. The lowest BCUT2D eigenvalue weighted by atomic mass is 10.0. The fraction of sp³-hybridized carbons (Fsp3) is 0.625. The molecule has 2 aliphatic rings. The quantitative estimate of drug-likeness (QED) is 0.856. The smallest absolute Gasteiger partial charge is 0.237 e. The Morgan fingerprint density at radius 3 is 2.91 bits per heavy atom. The molecule has 0 spiro atoms. The molecular formula is C16H24N4O2. The maximum atomic E-state index is 12.1. The summed E-state index contributed by atoms with van der Waals surface area (Å²) < 4.78 is 5.34. The number of amides is 1. The van der Waals surface area contributed by atoms with Gasteiger partial charge in [0.2, 0.25) is 5.91 Å². The second-order valence-electron chi connectivity index (χ2n) is 5.84. The summed E-state index contributed by atoms with van der Waals surface area (Å²) in [6.07, 6.45) is 5.07. The Balaban J connectivity index is 1.49. The third-order valence-corrected chi connectivity index (χ3v) is 4.24. The zero-order valence-electron chi connectivity index (χ0n) is 12.9. The van der Waals surface area contributed by atoms with Gasteiger partial charge in [-0.1, -0.05) is 12.5 Å². The van der Waals surface area contributed by atoms with Crippen molar-refractivity contribution in [2.45, 2.75) is 31.8 Å². The number of rotatable bonds is 4. The molecule has 1 aromatic rings. The van der Waals surface area contributed by atoms with Gasteiger partial charge in [0.05, 0.1) is 19.3 Å². The molecule has 0 radical (unpaired) electrons. The van der Waals surface area contributed by atoms with Gasteiger partial charge in [-0.3, -0.25) is 4.79 Å². The van der Waals surface area contributed by atoms with E-state index >= 15 is 0 Å². The number of carbonyl (C=O) groups is 1. The number of nitrogens with zero attached hydrogens (tertiary/aromatic N) is 2. The van der Waals surface area contributed by atoms with Crippen molar-refractivity contribution in [1.29, 1.82) is 0 Å². The summed E-state index contributed by atoms with van der Waals surface area (Å²) in [4.78, 5) is 18.8. The van der Waals surface area contributed by atoms with Crippen LogP contribution in [-0.4, -0.2) is 49.8 Å². The van der Waals surface area contributed by atoms with Gasteiger partial charge >= 0.3 is 0 Å². The van der Waals surface area contributed by atoms with Crippen molar-refractivity contribution in [2.75, 3.05) is 37.7 Å². The average molecular weight is 304 g/mol. The average Bonchev–Trinajstić information content (AvgIpc) is 2.61. The molecule has 0 aliphatic carbocycles. The van der Waals surface area contributed by atoms with Crippen molar-refractivity contribution in [3.8, 4) is 0 Å². The van der Waals surface area contributed by atoms with Crippen LogP contribution in [0.25, 0.3) is 0 Å². The van der Waals surface area contributed by atoms with E-state index in [1.165, 1.54) is 0 Å². The fourth-order valence-corrected chi connectivity index (χ4v) is 2.89. The zero-order chi connectivity index (χ0) is 15.2. The van der Waals surface area contributed by atoms with Gasteiger partial charge in [0.15, 0.2) is 0 Å². The zero-order valence-corrected chi connectivity index (χ0v) is 12.9. The van der Waals surface area contributed by atoms with Crippen LogP contribution < -0.4 is 15.5 Å². The van der Waals surface area contributed by atoms with E-state index in [9.17, 15) is 4.79 Å². The van der Waals surface area contributed by atoms with Crippen LogP contribution in [0.2, 0.25) is 0 Å². The number of anilines is 1. The van der Waals surface area contributed by atoms with E-state index in [1.54, 1.807) is 0 Å². The molecule has 1 aromatic heterocycles. The van der Waals surface area contributed by atoms with Crippen molar-refractivity contribution in [1.82, 2.24) is 15.6 Å². The highest BCUT2D eigenvalue weighted by atomic mass is 16.5. The monoisotopic (exact) mass is 304 g/mol. The Kier molecular flexibility index (Phi) is 5.24. The number of piperidine rings is 1. The minimum Gasteiger partial charge on any atom is -0.378 e. The summed E-state index contributed by atoms with van der Waals surface area (Å²) in [5.41, 5.74) is 1.03. The van der Waals surface area contributed by atoms with Crippen LogP contribution in [0.4, 0.5) is 5.82 Å². The minimum absolute atomic E-state index is 0.0330. The number of nitrogens with one attached hydrogen (secondary N) is 2. The summed E-state index contributed by atoms with van der Waals surface area (Å²) >= 11 is 0. The van der Waals surface area contributed by atoms with Gasteiger partial charge in [-0.2, -0.15) is 0 Å². The first-order chi connectivity index (χ1) is 10.8. The topological polar surface area (TPSA) is 66.5 Å². The summed E-state index contributed by atoms with van der Waals surface area (Å²) in [5, 5.41) is 6.25. The highest BCUT2D eigenvalue weighted by Gasteiger charge is 2.20. The third-order valence-electron chi connectivity index (χ3n) is 4.24. The van der Waals surface area contributed by atoms with E-state index in [0.717, 1.165) is 63.5 Å². The van der Waals surface area contributed by atoms with Gasteiger partial charge < -0.3 is 20.3 Å². The van der Waals surface area contributed by atoms with Crippen LogP contribution in [0.5, 0.6) is 0 Å². The molecule has 3 heterocycles. The van der Waals surface area contributed by atoms with Crippen molar-refractivity contribution in [3.05, 3.63) is 23.9 Å². The molecule has 6 heteroatoms. The van der Waals surface area contributed by atoms with Crippen LogP contribution in [0.1, 0.15) is 24.8 Å². The fourth-order valence-electron chi connectivity index (χ4n) is 2.89. The van der Waals surface area contributed by atoms with Crippen LogP contribution >= 0.6 is 0 Å². The maximum Gasteiger partial charge on any atom is 0.237 e. The minimum atomic E-state index is -0.0330. The van der Waals surface area contributed by atoms with E-state index < -0.39 is 0 Å². The Bertz CT molecular complexity index is 479. The van der Waals surface area contributed by atoms with Crippen molar-refractivity contribution in [2.24, 2.45) is 0 Å². The molecule has 2 fully saturated rings. The van der Waals surface area contributed by atoms with E-state index in [2.05, 4.69) is 20.5 Å². The summed E-state index contributed by atoms with van der Waals surface area (Å²) in [7, 11) is 0. The van der Waals surface area contributed by atoms with E-state index in [0.29, 0.717) is 6.54 Å². The molecule has 1 unspecified atom stereocenters. The normalized spacial score (nSPS) is 22.4. The third kappa shape index (κ3) is 3.96. The summed E-state index contributed by atoms with van der Waals surface area (Å²) in [5.74, 6) is 1.07. The molecule has 6 nitrogen and oxygen atoms in total. The van der Waals surface area contributed by atoms with E-state index in [-0.39, 0.29) is 11.9 Å². The first-order valence-corrected chi connectivity index (χ1v) is 8.11. The Morgan fingerprint density at radius 1 is 1.36 bits per heavy atom. The summed E-state index contributed by atoms with van der Waals surface area (Å²) in [6.45, 7) is 4.76. The van der Waals surface area contributed by atoms with Crippen molar-refractivity contribution < 1.29 is 9.53 Å². The van der Waals surface area contributed by atoms with Crippen LogP contribution in [0.15, 0.2) is 18.3 Å². The number of hydrogen-bond acceptors (Lipinski definition) is 5. The molecule has 2 saturated heterocycles. The SMILES string of the molecule is O=C(NCc1ccc(N2CCOCC2)nc1)C1CCCCN1. The molecule has 1 amide bonds. The molecule has 2 N–H and O–H groups in total. The number of carbonyl (C=O) groups excluding carboxylic acids is 1. The maximum absolute atomic E-state index is 12.1. The van der Waals surface area contributed by atoms with Gasteiger partial charge in [0.1, 0.15) is 5.82 Å². The molecule has 120 valence electrons. The van der Waals surface area contributed by atoms with E-state index in [1.807, 2.05) is 18.3 Å². The highest BCUT2D eigenvalue weighted by molar-refractivity contribution is 5.81. The molecule has 22 heavy (non-hydrogen) atoms. The highest BCUT2D eigenvalue weighted by Crippen LogP contribution is 2.13. The molecule has 2 aliphatic heterocycles. The van der Waals surface area contributed by atoms with E-state index in [4.69, 9.17) is 4.74 Å².